The van der Waals surface area contributed by atoms with E-state index in [1.165, 1.54) is 0 Å². The maximum absolute atomic E-state index is 9.94. The molecule has 0 aliphatic heterocycles. The van der Waals surface area contributed by atoms with E-state index in [0.717, 1.165) is 12.8 Å². The third-order valence-electron chi connectivity index (χ3n) is 3.37. The van der Waals surface area contributed by atoms with Crippen molar-refractivity contribution in [2.24, 2.45) is 11.8 Å². The van der Waals surface area contributed by atoms with Crippen molar-refractivity contribution in [3.05, 3.63) is 12.7 Å². The Morgan fingerprint density at radius 3 is 2.64 bits per heavy atom. The van der Waals surface area contributed by atoms with Crippen molar-refractivity contribution in [1.82, 2.24) is 0 Å². The third kappa shape index (κ3) is 0.759. The van der Waals surface area contributed by atoms with Crippen LogP contribution in [0.1, 0.15) is 19.8 Å². The molecule has 0 bridgehead atoms. The van der Waals surface area contributed by atoms with E-state index in [1.807, 2.05) is 6.92 Å². The van der Waals surface area contributed by atoms with Gasteiger partial charge in [0.2, 0.25) is 0 Å². The summed E-state index contributed by atoms with van der Waals surface area (Å²) >= 11 is 6.16. The highest BCUT2D eigenvalue weighted by molar-refractivity contribution is 6.26. The molecule has 0 aromatic rings. The molecule has 0 heterocycles. The minimum Gasteiger partial charge on any atom is -0.385 e. The Bertz CT molecular complexity index is 212. The molecule has 0 radical (unpaired) electrons. The van der Waals surface area contributed by atoms with Crippen LogP contribution in [0.4, 0.5) is 0 Å². The van der Waals surface area contributed by atoms with Crippen molar-refractivity contribution in [2.75, 3.05) is 0 Å². The first-order valence-corrected chi connectivity index (χ1v) is 4.45. The SMILES string of the molecule is C=CC1(O)CCC2C1C2(C)Cl. The standard InChI is InChI=1S/C9H13ClO/c1-3-9(11)5-4-6-7(9)8(6,2)10/h3,6-7,11H,1,4-5H2,2H3. The Morgan fingerprint density at radius 1 is 1.73 bits per heavy atom. The second-order valence-electron chi connectivity index (χ2n) is 3.97. The first-order valence-electron chi connectivity index (χ1n) is 4.07. The van der Waals surface area contributed by atoms with Gasteiger partial charge in [-0.1, -0.05) is 6.08 Å². The molecule has 2 saturated carbocycles. The van der Waals surface area contributed by atoms with Crippen molar-refractivity contribution < 1.29 is 5.11 Å². The number of aliphatic hydroxyl groups is 1. The van der Waals surface area contributed by atoms with Crippen molar-refractivity contribution in [2.45, 2.75) is 30.2 Å². The molecule has 2 heteroatoms. The van der Waals surface area contributed by atoms with Gasteiger partial charge < -0.3 is 5.11 Å². The fourth-order valence-electron chi connectivity index (χ4n) is 2.62. The van der Waals surface area contributed by atoms with E-state index >= 15 is 0 Å². The van der Waals surface area contributed by atoms with Gasteiger partial charge in [-0.3, -0.25) is 0 Å². The van der Waals surface area contributed by atoms with Gasteiger partial charge in [0.1, 0.15) is 0 Å². The lowest BCUT2D eigenvalue weighted by atomic mass is 9.95. The molecule has 0 saturated heterocycles. The predicted octanol–water partition coefficient (Wildman–Crippen LogP) is 1.94. The summed E-state index contributed by atoms with van der Waals surface area (Å²) < 4.78 is 0. The first-order chi connectivity index (χ1) is 5.02. The zero-order chi connectivity index (χ0) is 8.28. The number of halogens is 1. The Labute approximate surface area is 72.1 Å². The summed E-state index contributed by atoms with van der Waals surface area (Å²) in [5, 5.41) is 9.94. The van der Waals surface area contributed by atoms with Crippen LogP contribution >= 0.6 is 11.6 Å². The topological polar surface area (TPSA) is 20.2 Å². The minimum atomic E-state index is -0.666. The molecule has 1 N–H and O–H groups in total. The summed E-state index contributed by atoms with van der Waals surface area (Å²) in [7, 11) is 0. The lowest BCUT2D eigenvalue weighted by Gasteiger charge is -2.22. The van der Waals surface area contributed by atoms with E-state index in [2.05, 4.69) is 6.58 Å². The minimum absolute atomic E-state index is 0.152. The monoisotopic (exact) mass is 172 g/mol. The van der Waals surface area contributed by atoms with Crippen LogP contribution in [-0.2, 0) is 0 Å². The van der Waals surface area contributed by atoms with Crippen LogP contribution in [0.5, 0.6) is 0 Å². The molecule has 0 amide bonds. The van der Waals surface area contributed by atoms with Gasteiger partial charge in [0.25, 0.3) is 0 Å². The molecule has 2 aliphatic carbocycles. The normalized spacial score (nSPS) is 60.6. The van der Waals surface area contributed by atoms with Crippen LogP contribution < -0.4 is 0 Å². The molecule has 2 fully saturated rings. The lowest BCUT2D eigenvalue weighted by molar-refractivity contribution is 0.0714. The highest BCUT2D eigenvalue weighted by Crippen LogP contribution is 2.68. The van der Waals surface area contributed by atoms with E-state index in [1.54, 1.807) is 6.08 Å². The van der Waals surface area contributed by atoms with Crippen molar-refractivity contribution >= 4 is 11.6 Å². The molecule has 62 valence electrons. The zero-order valence-electron chi connectivity index (χ0n) is 6.68. The molecule has 0 aromatic heterocycles. The largest absolute Gasteiger partial charge is 0.385 e. The van der Waals surface area contributed by atoms with Gasteiger partial charge in [0.15, 0.2) is 0 Å². The quantitative estimate of drug-likeness (QED) is 0.474. The molecule has 4 atom stereocenters. The molecular weight excluding hydrogens is 160 g/mol. The molecule has 0 aromatic carbocycles. The highest BCUT2D eigenvalue weighted by atomic mass is 35.5. The Hall–Kier alpha value is -0.0100. The van der Waals surface area contributed by atoms with Crippen LogP contribution in [0.15, 0.2) is 12.7 Å². The van der Waals surface area contributed by atoms with E-state index in [-0.39, 0.29) is 10.8 Å². The summed E-state index contributed by atoms with van der Waals surface area (Å²) in [6.45, 7) is 5.66. The Balaban J connectivity index is 2.25. The average molecular weight is 173 g/mol. The molecular formula is C9H13ClO. The van der Waals surface area contributed by atoms with Gasteiger partial charge in [-0.05, 0) is 25.7 Å². The lowest BCUT2D eigenvalue weighted by Crippen LogP contribution is -2.29. The van der Waals surface area contributed by atoms with Gasteiger partial charge in [-0.25, -0.2) is 0 Å². The average Bonchev–Trinajstić information content (AvgIpc) is 2.36. The summed E-state index contributed by atoms with van der Waals surface area (Å²) in [4.78, 5) is -0.152. The van der Waals surface area contributed by atoms with Crippen LogP contribution in [0.3, 0.4) is 0 Å². The van der Waals surface area contributed by atoms with Crippen LogP contribution in [-0.4, -0.2) is 15.6 Å². The van der Waals surface area contributed by atoms with Crippen molar-refractivity contribution in [3.8, 4) is 0 Å². The molecule has 2 rings (SSSR count). The molecule has 1 nitrogen and oxygen atoms in total. The second kappa shape index (κ2) is 1.83. The number of alkyl halides is 1. The van der Waals surface area contributed by atoms with Gasteiger partial charge in [0.05, 0.1) is 10.5 Å². The van der Waals surface area contributed by atoms with Crippen LogP contribution in [0.2, 0.25) is 0 Å². The zero-order valence-corrected chi connectivity index (χ0v) is 7.43. The van der Waals surface area contributed by atoms with E-state index < -0.39 is 5.60 Å². The maximum atomic E-state index is 9.94. The number of rotatable bonds is 1. The number of hydrogen-bond donors (Lipinski definition) is 1. The van der Waals surface area contributed by atoms with Crippen molar-refractivity contribution in [1.29, 1.82) is 0 Å². The number of fused-ring (bicyclic) bond motifs is 1. The van der Waals surface area contributed by atoms with E-state index in [0.29, 0.717) is 5.92 Å². The summed E-state index contributed by atoms with van der Waals surface area (Å²) in [6, 6.07) is 0. The fraction of sp³-hybridized carbons (Fsp3) is 0.778. The summed E-state index contributed by atoms with van der Waals surface area (Å²) in [6.07, 6.45) is 3.55. The van der Waals surface area contributed by atoms with Crippen molar-refractivity contribution in [3.63, 3.8) is 0 Å². The summed E-state index contributed by atoms with van der Waals surface area (Å²) in [5.74, 6) is 0.779. The Morgan fingerprint density at radius 2 is 2.36 bits per heavy atom. The molecule has 0 spiro atoms. The third-order valence-corrected chi connectivity index (χ3v) is 3.89. The number of hydrogen-bond acceptors (Lipinski definition) is 1. The van der Waals surface area contributed by atoms with Crippen LogP contribution in [0.25, 0.3) is 0 Å². The molecule has 2 aliphatic rings. The highest BCUT2D eigenvalue weighted by Gasteiger charge is 2.71. The molecule has 11 heavy (non-hydrogen) atoms. The predicted molar refractivity (Wildman–Crippen MR) is 45.6 cm³/mol. The van der Waals surface area contributed by atoms with Gasteiger partial charge >= 0.3 is 0 Å². The van der Waals surface area contributed by atoms with Gasteiger partial charge in [-0.2, -0.15) is 0 Å². The smallest absolute Gasteiger partial charge is 0.0873 e. The second-order valence-corrected chi connectivity index (χ2v) is 4.78. The van der Waals surface area contributed by atoms with Crippen LogP contribution in [0, 0.1) is 11.8 Å². The molecule has 4 unspecified atom stereocenters. The van der Waals surface area contributed by atoms with Gasteiger partial charge in [-0.15, -0.1) is 18.2 Å². The first kappa shape index (κ1) is 7.63. The fourth-order valence-corrected chi connectivity index (χ4v) is 3.14. The maximum Gasteiger partial charge on any atom is 0.0873 e. The van der Waals surface area contributed by atoms with E-state index in [4.69, 9.17) is 11.6 Å². The van der Waals surface area contributed by atoms with Gasteiger partial charge in [0, 0.05) is 5.92 Å². The Kier molecular flexibility index (Phi) is 1.27. The summed E-state index contributed by atoms with van der Waals surface area (Å²) in [5.41, 5.74) is -0.666. The van der Waals surface area contributed by atoms with E-state index in [9.17, 15) is 5.11 Å².